The van der Waals surface area contributed by atoms with Crippen molar-refractivity contribution in [3.63, 3.8) is 0 Å². The Morgan fingerprint density at radius 2 is 1.79 bits per heavy atom. The second kappa shape index (κ2) is 5.64. The van der Waals surface area contributed by atoms with Crippen LogP contribution in [0.15, 0.2) is 36.4 Å². The highest BCUT2D eigenvalue weighted by Gasteiger charge is 2.11. The molecule has 2 nitrogen and oxygen atoms in total. The summed E-state index contributed by atoms with van der Waals surface area (Å²) in [5.74, 6) is -0.189. The van der Waals surface area contributed by atoms with Crippen molar-refractivity contribution in [2.45, 2.75) is 13.8 Å². The topological polar surface area (TPSA) is 29.1 Å². The second-order valence-electron chi connectivity index (χ2n) is 4.40. The van der Waals surface area contributed by atoms with Crippen molar-refractivity contribution in [1.29, 1.82) is 0 Å². The molecule has 0 aliphatic carbocycles. The van der Waals surface area contributed by atoms with E-state index in [0.717, 1.165) is 11.1 Å². The zero-order valence-electron chi connectivity index (χ0n) is 10.6. The molecule has 0 spiro atoms. The Morgan fingerprint density at radius 1 is 1.05 bits per heavy atom. The minimum absolute atomic E-state index is 0.189. The van der Waals surface area contributed by atoms with Crippen molar-refractivity contribution < 1.29 is 4.79 Å². The number of benzene rings is 2. The molecule has 0 saturated carbocycles. The average Bonchev–Trinajstić information content (AvgIpc) is 2.36. The van der Waals surface area contributed by atoms with E-state index < -0.39 is 0 Å². The van der Waals surface area contributed by atoms with Crippen LogP contribution in [-0.4, -0.2) is 5.91 Å². The number of hydrogen-bond acceptors (Lipinski definition) is 1. The Morgan fingerprint density at radius 3 is 2.53 bits per heavy atom. The van der Waals surface area contributed by atoms with Gasteiger partial charge in [0.2, 0.25) is 0 Å². The molecular formula is C15H13Cl2NO. The third kappa shape index (κ3) is 3.28. The number of rotatable bonds is 2. The third-order valence-electron chi connectivity index (χ3n) is 2.81. The minimum atomic E-state index is -0.189. The van der Waals surface area contributed by atoms with Crippen LogP contribution in [0.3, 0.4) is 0 Å². The van der Waals surface area contributed by atoms with E-state index in [1.807, 2.05) is 32.0 Å². The van der Waals surface area contributed by atoms with Gasteiger partial charge in [0.1, 0.15) is 0 Å². The molecule has 4 heteroatoms. The molecule has 2 rings (SSSR count). The molecule has 19 heavy (non-hydrogen) atoms. The van der Waals surface area contributed by atoms with Crippen LogP contribution in [0.5, 0.6) is 0 Å². The first-order chi connectivity index (χ1) is 8.97. The molecule has 98 valence electrons. The minimum Gasteiger partial charge on any atom is -0.321 e. The summed E-state index contributed by atoms with van der Waals surface area (Å²) in [6.45, 7) is 3.84. The van der Waals surface area contributed by atoms with E-state index in [2.05, 4.69) is 5.32 Å². The number of anilines is 1. The van der Waals surface area contributed by atoms with Gasteiger partial charge < -0.3 is 5.32 Å². The molecule has 0 heterocycles. The monoisotopic (exact) mass is 293 g/mol. The van der Waals surface area contributed by atoms with Gasteiger partial charge in [-0.25, -0.2) is 0 Å². The number of amides is 1. The fourth-order valence-corrected chi connectivity index (χ4v) is 2.10. The van der Waals surface area contributed by atoms with Gasteiger partial charge in [0.25, 0.3) is 5.91 Å². The van der Waals surface area contributed by atoms with E-state index in [1.165, 1.54) is 0 Å². The van der Waals surface area contributed by atoms with Crippen LogP contribution in [0, 0.1) is 13.8 Å². The summed E-state index contributed by atoms with van der Waals surface area (Å²) in [6, 6.07) is 10.7. The first-order valence-electron chi connectivity index (χ1n) is 5.81. The molecule has 2 aromatic rings. The van der Waals surface area contributed by atoms with Crippen molar-refractivity contribution in [3.8, 4) is 0 Å². The summed E-state index contributed by atoms with van der Waals surface area (Å²) in [7, 11) is 0. The molecule has 0 fully saturated rings. The molecule has 0 aliphatic heterocycles. The van der Waals surface area contributed by atoms with E-state index in [-0.39, 0.29) is 5.91 Å². The quantitative estimate of drug-likeness (QED) is 0.841. The van der Waals surface area contributed by atoms with Gasteiger partial charge in [-0.3, -0.25) is 4.79 Å². The molecule has 0 aliphatic rings. The van der Waals surface area contributed by atoms with Crippen LogP contribution < -0.4 is 5.32 Å². The summed E-state index contributed by atoms with van der Waals surface area (Å²) >= 11 is 11.9. The van der Waals surface area contributed by atoms with Crippen LogP contribution in [0.4, 0.5) is 5.69 Å². The molecule has 0 aromatic heterocycles. The summed E-state index contributed by atoms with van der Waals surface area (Å²) in [4.78, 5) is 12.2. The lowest BCUT2D eigenvalue weighted by Crippen LogP contribution is -2.13. The standard InChI is InChI=1S/C15H13Cl2NO/c1-9-3-4-10(2)12(7-9)15(19)18-14-8-11(16)5-6-13(14)17/h3-8H,1-2H3,(H,18,19). The fraction of sp³-hybridized carbons (Fsp3) is 0.133. The van der Waals surface area contributed by atoms with E-state index in [1.54, 1.807) is 18.2 Å². The van der Waals surface area contributed by atoms with E-state index >= 15 is 0 Å². The van der Waals surface area contributed by atoms with Crippen molar-refractivity contribution >= 4 is 34.8 Å². The summed E-state index contributed by atoms with van der Waals surface area (Å²) in [6.07, 6.45) is 0. The zero-order valence-corrected chi connectivity index (χ0v) is 12.1. The molecule has 2 aromatic carbocycles. The number of nitrogens with one attached hydrogen (secondary N) is 1. The zero-order chi connectivity index (χ0) is 14.0. The maximum absolute atomic E-state index is 12.2. The normalized spacial score (nSPS) is 10.3. The summed E-state index contributed by atoms with van der Waals surface area (Å²) < 4.78 is 0. The van der Waals surface area contributed by atoms with Crippen LogP contribution >= 0.6 is 23.2 Å². The largest absolute Gasteiger partial charge is 0.321 e. The molecule has 1 amide bonds. The number of hydrogen-bond donors (Lipinski definition) is 1. The fourth-order valence-electron chi connectivity index (χ4n) is 1.76. The number of carbonyl (C=O) groups excluding carboxylic acids is 1. The van der Waals surface area contributed by atoms with E-state index in [0.29, 0.717) is 21.3 Å². The first kappa shape index (κ1) is 13.9. The Bertz CT molecular complexity index is 638. The molecule has 0 radical (unpaired) electrons. The third-order valence-corrected chi connectivity index (χ3v) is 3.38. The lowest BCUT2D eigenvalue weighted by molar-refractivity contribution is 0.102. The van der Waals surface area contributed by atoms with Gasteiger partial charge in [-0.1, -0.05) is 40.9 Å². The predicted octanol–water partition coefficient (Wildman–Crippen LogP) is 4.86. The highest BCUT2D eigenvalue weighted by molar-refractivity contribution is 6.35. The SMILES string of the molecule is Cc1ccc(C)c(C(=O)Nc2cc(Cl)ccc2Cl)c1. The smallest absolute Gasteiger partial charge is 0.255 e. The van der Waals surface area contributed by atoms with Crippen molar-refractivity contribution in [3.05, 3.63) is 63.1 Å². The molecule has 1 N–H and O–H groups in total. The van der Waals surface area contributed by atoms with E-state index in [9.17, 15) is 4.79 Å². The van der Waals surface area contributed by atoms with Crippen LogP contribution in [-0.2, 0) is 0 Å². The van der Waals surface area contributed by atoms with E-state index in [4.69, 9.17) is 23.2 Å². The van der Waals surface area contributed by atoms with Crippen molar-refractivity contribution in [1.82, 2.24) is 0 Å². The molecule has 0 atom stereocenters. The lowest BCUT2D eigenvalue weighted by Gasteiger charge is -2.10. The summed E-state index contributed by atoms with van der Waals surface area (Å²) in [5, 5.41) is 3.77. The number of aryl methyl sites for hydroxylation is 2. The molecule has 0 bridgehead atoms. The predicted molar refractivity (Wildman–Crippen MR) is 80.3 cm³/mol. The maximum Gasteiger partial charge on any atom is 0.255 e. The second-order valence-corrected chi connectivity index (χ2v) is 5.24. The van der Waals surface area contributed by atoms with Gasteiger partial charge in [-0.2, -0.15) is 0 Å². The lowest BCUT2D eigenvalue weighted by atomic mass is 10.1. The Labute approximate surface area is 122 Å². The Kier molecular flexibility index (Phi) is 4.13. The highest BCUT2D eigenvalue weighted by Crippen LogP contribution is 2.26. The van der Waals surface area contributed by atoms with Crippen molar-refractivity contribution in [2.75, 3.05) is 5.32 Å². The Balaban J connectivity index is 2.30. The maximum atomic E-state index is 12.2. The van der Waals surface area contributed by atoms with Gasteiger partial charge in [0.15, 0.2) is 0 Å². The highest BCUT2D eigenvalue weighted by atomic mass is 35.5. The summed E-state index contributed by atoms with van der Waals surface area (Å²) in [5.41, 5.74) is 3.10. The molecule has 0 saturated heterocycles. The van der Waals surface area contributed by atoms with Crippen LogP contribution in [0.25, 0.3) is 0 Å². The van der Waals surface area contributed by atoms with Gasteiger partial charge >= 0.3 is 0 Å². The van der Waals surface area contributed by atoms with Crippen molar-refractivity contribution in [2.24, 2.45) is 0 Å². The Hall–Kier alpha value is -1.51. The first-order valence-corrected chi connectivity index (χ1v) is 6.56. The van der Waals surface area contributed by atoms with Crippen LogP contribution in [0.1, 0.15) is 21.5 Å². The van der Waals surface area contributed by atoms with Gasteiger partial charge in [0.05, 0.1) is 10.7 Å². The molecule has 0 unspecified atom stereocenters. The van der Waals surface area contributed by atoms with Gasteiger partial charge in [-0.15, -0.1) is 0 Å². The number of carbonyl (C=O) groups is 1. The average molecular weight is 294 g/mol. The number of halogens is 2. The van der Waals surface area contributed by atoms with Gasteiger partial charge in [0, 0.05) is 10.6 Å². The van der Waals surface area contributed by atoms with Crippen LogP contribution in [0.2, 0.25) is 10.0 Å². The molecular weight excluding hydrogens is 281 g/mol. The van der Waals surface area contributed by atoms with Gasteiger partial charge in [-0.05, 0) is 43.7 Å².